The van der Waals surface area contributed by atoms with Gasteiger partial charge < -0.3 is 23.2 Å². The lowest BCUT2D eigenvalue weighted by Gasteiger charge is -2.35. The van der Waals surface area contributed by atoms with Crippen LogP contribution < -0.4 is 0 Å². The minimum Gasteiger partial charge on any atom is -0.396 e. The summed E-state index contributed by atoms with van der Waals surface area (Å²) < 4.78 is 49.1. The Morgan fingerprint density at radius 2 is 0.917 bits per heavy atom. The van der Waals surface area contributed by atoms with E-state index in [4.69, 9.17) is 18.1 Å². The summed E-state index contributed by atoms with van der Waals surface area (Å²) in [5.41, 5.74) is 0. The first-order valence-electron chi connectivity index (χ1n) is 8.40. The van der Waals surface area contributed by atoms with Crippen molar-refractivity contribution in [3.8, 4) is 0 Å². The highest BCUT2D eigenvalue weighted by molar-refractivity contribution is 7.72. The molecule has 1 N–H and O–H groups in total. The molecule has 0 aromatic heterocycles. The first-order chi connectivity index (χ1) is 10.9. The molecule has 0 saturated carbocycles. The Balaban J connectivity index is 6.02. The second-order valence-electron chi connectivity index (χ2n) is 6.69. The molecule has 0 rings (SSSR count). The van der Waals surface area contributed by atoms with Gasteiger partial charge in [0.25, 0.3) is 0 Å². The van der Waals surface area contributed by atoms with E-state index in [0.29, 0.717) is 0 Å². The Labute approximate surface area is 146 Å². The van der Waals surface area contributed by atoms with E-state index in [0.717, 1.165) is 0 Å². The average Bonchev–Trinajstić information content (AvgIpc) is 2.30. The highest BCUT2D eigenvalue weighted by atomic mass is 31.2. The largest absolute Gasteiger partial charge is 0.396 e. The number of aliphatic hydroxyl groups is 1. The summed E-state index contributed by atoms with van der Waals surface area (Å²) in [6.45, 7) is 13.4. The standard InChI is InChI=1S/C15H34O7P2/c1-11(2)19-23(17,20-12(3)4)15(9-10-16)24(18,21-13(5)6)22-14(7)8/h11-16H,9-10H2,1-8H3. The fourth-order valence-corrected chi connectivity index (χ4v) is 8.03. The second kappa shape index (κ2) is 10.4. The molecular weight excluding hydrogens is 354 g/mol. The number of hydrogen-bond acceptors (Lipinski definition) is 7. The molecular formula is C15H34O7P2. The zero-order chi connectivity index (χ0) is 19.1. The van der Waals surface area contributed by atoms with Crippen LogP contribution in [-0.2, 0) is 27.2 Å². The first kappa shape index (κ1) is 24.3. The lowest BCUT2D eigenvalue weighted by atomic mass is 10.5. The van der Waals surface area contributed by atoms with E-state index in [2.05, 4.69) is 0 Å². The van der Waals surface area contributed by atoms with Gasteiger partial charge in [0.1, 0.15) is 0 Å². The highest BCUT2D eigenvalue weighted by Gasteiger charge is 2.52. The van der Waals surface area contributed by atoms with E-state index < -0.39 is 45.0 Å². The van der Waals surface area contributed by atoms with Crippen LogP contribution in [0.4, 0.5) is 0 Å². The van der Waals surface area contributed by atoms with E-state index in [1.165, 1.54) is 0 Å². The predicted octanol–water partition coefficient (Wildman–Crippen LogP) is 4.78. The quantitative estimate of drug-likeness (QED) is 0.481. The molecule has 0 aliphatic carbocycles. The minimum absolute atomic E-state index is 0.0760. The Kier molecular flexibility index (Phi) is 10.5. The van der Waals surface area contributed by atoms with E-state index >= 15 is 0 Å². The topological polar surface area (TPSA) is 91.3 Å². The lowest BCUT2D eigenvalue weighted by molar-refractivity contribution is 0.119. The van der Waals surface area contributed by atoms with E-state index in [1.807, 2.05) is 0 Å². The van der Waals surface area contributed by atoms with Crippen LogP contribution in [0.25, 0.3) is 0 Å². The first-order valence-corrected chi connectivity index (χ1v) is 11.6. The molecule has 7 nitrogen and oxygen atoms in total. The van der Waals surface area contributed by atoms with Gasteiger partial charge in [0.15, 0.2) is 5.40 Å². The SMILES string of the molecule is CC(C)OP(=O)(OC(C)C)C(CCO)P(=O)(OC(C)C)OC(C)C. The van der Waals surface area contributed by atoms with Crippen molar-refractivity contribution < 1.29 is 32.3 Å². The van der Waals surface area contributed by atoms with Crippen LogP contribution in [0.2, 0.25) is 0 Å². The van der Waals surface area contributed by atoms with Crippen LogP contribution >= 0.6 is 15.2 Å². The molecule has 146 valence electrons. The van der Waals surface area contributed by atoms with Gasteiger partial charge in [-0.1, -0.05) is 0 Å². The maximum absolute atomic E-state index is 13.4. The van der Waals surface area contributed by atoms with Crippen molar-refractivity contribution in [2.24, 2.45) is 0 Å². The molecule has 0 aromatic carbocycles. The summed E-state index contributed by atoms with van der Waals surface area (Å²) in [6, 6.07) is 0. The molecule has 0 bridgehead atoms. The van der Waals surface area contributed by atoms with Crippen LogP contribution in [-0.4, -0.2) is 41.5 Å². The van der Waals surface area contributed by atoms with Crippen molar-refractivity contribution in [1.82, 2.24) is 0 Å². The van der Waals surface area contributed by atoms with Crippen molar-refractivity contribution in [2.75, 3.05) is 6.61 Å². The fraction of sp³-hybridized carbons (Fsp3) is 1.00. The number of hydrogen-bond donors (Lipinski definition) is 1. The van der Waals surface area contributed by atoms with Gasteiger partial charge in [-0.25, -0.2) is 0 Å². The van der Waals surface area contributed by atoms with Gasteiger partial charge in [-0.05, 0) is 61.8 Å². The lowest BCUT2D eigenvalue weighted by Crippen LogP contribution is -2.24. The van der Waals surface area contributed by atoms with E-state index in [1.54, 1.807) is 55.4 Å². The molecule has 24 heavy (non-hydrogen) atoms. The molecule has 0 aliphatic heterocycles. The molecule has 0 amide bonds. The Hall–Kier alpha value is 0.260. The summed E-state index contributed by atoms with van der Waals surface area (Å²) in [4.78, 5) is 0. The molecule has 0 saturated heterocycles. The maximum atomic E-state index is 13.4. The van der Waals surface area contributed by atoms with Gasteiger partial charge in [0.2, 0.25) is 0 Å². The van der Waals surface area contributed by atoms with Gasteiger partial charge >= 0.3 is 15.2 Å². The molecule has 0 aliphatic rings. The van der Waals surface area contributed by atoms with Gasteiger partial charge in [-0.15, -0.1) is 0 Å². The van der Waals surface area contributed by atoms with Crippen LogP contribution in [0.1, 0.15) is 61.8 Å². The molecule has 9 heteroatoms. The molecule has 0 unspecified atom stereocenters. The third kappa shape index (κ3) is 8.09. The van der Waals surface area contributed by atoms with E-state index in [-0.39, 0.29) is 13.0 Å². The van der Waals surface area contributed by atoms with Gasteiger partial charge in [-0.3, -0.25) is 9.13 Å². The fourth-order valence-electron chi connectivity index (χ4n) is 2.11. The number of rotatable bonds is 12. The highest BCUT2D eigenvalue weighted by Crippen LogP contribution is 2.72. The Morgan fingerprint density at radius 1 is 0.667 bits per heavy atom. The third-order valence-electron chi connectivity index (χ3n) is 2.55. The smallest absolute Gasteiger partial charge is 0.346 e. The Morgan fingerprint density at radius 3 is 1.08 bits per heavy atom. The van der Waals surface area contributed by atoms with Crippen molar-refractivity contribution in [1.29, 1.82) is 0 Å². The van der Waals surface area contributed by atoms with Crippen LogP contribution in [0, 0.1) is 0 Å². The summed E-state index contributed by atoms with van der Waals surface area (Å²) >= 11 is 0. The van der Waals surface area contributed by atoms with Crippen molar-refractivity contribution >= 4 is 15.2 Å². The molecule has 0 spiro atoms. The summed E-state index contributed by atoms with van der Waals surface area (Å²) in [7, 11) is -7.73. The second-order valence-corrected chi connectivity index (χ2v) is 11.3. The maximum Gasteiger partial charge on any atom is 0.346 e. The molecule has 0 atom stereocenters. The van der Waals surface area contributed by atoms with Crippen LogP contribution in [0.5, 0.6) is 0 Å². The zero-order valence-electron chi connectivity index (χ0n) is 16.1. The van der Waals surface area contributed by atoms with E-state index in [9.17, 15) is 14.2 Å². The van der Waals surface area contributed by atoms with Crippen molar-refractivity contribution in [3.05, 3.63) is 0 Å². The molecule has 0 heterocycles. The monoisotopic (exact) mass is 388 g/mol. The molecule has 0 fully saturated rings. The normalized spacial score (nSPS) is 13.9. The average molecular weight is 388 g/mol. The van der Waals surface area contributed by atoms with Gasteiger partial charge in [0.05, 0.1) is 24.4 Å². The molecule has 0 aromatic rings. The molecule has 0 radical (unpaired) electrons. The number of aliphatic hydroxyl groups excluding tert-OH is 1. The van der Waals surface area contributed by atoms with Crippen molar-refractivity contribution in [2.45, 2.75) is 91.6 Å². The summed E-state index contributed by atoms with van der Waals surface area (Å²) in [5, 5.41) is 8.25. The van der Waals surface area contributed by atoms with Crippen LogP contribution in [0.15, 0.2) is 0 Å². The minimum atomic E-state index is -3.87. The Bertz CT molecular complexity index is 383. The zero-order valence-corrected chi connectivity index (χ0v) is 17.9. The summed E-state index contributed by atoms with van der Waals surface area (Å²) in [6.07, 6.45) is -1.73. The third-order valence-corrected chi connectivity index (χ3v) is 9.08. The van der Waals surface area contributed by atoms with Gasteiger partial charge in [0, 0.05) is 6.61 Å². The summed E-state index contributed by atoms with van der Waals surface area (Å²) in [5.74, 6) is 0. The van der Waals surface area contributed by atoms with Crippen LogP contribution in [0.3, 0.4) is 0 Å². The van der Waals surface area contributed by atoms with Crippen molar-refractivity contribution in [3.63, 3.8) is 0 Å². The predicted molar refractivity (Wildman–Crippen MR) is 95.6 cm³/mol. The van der Waals surface area contributed by atoms with Gasteiger partial charge in [-0.2, -0.15) is 0 Å².